The average molecular weight is 412 g/mol. The van der Waals surface area contributed by atoms with Gasteiger partial charge in [-0.2, -0.15) is 0 Å². The standard InChI is InChI=1S/C30H37N/c1-10-25-18-22(6)28(30(19-25)31-9)16-15-26(17-20(3)4)24(8)27(11-2)29-14-12-13-21(5)23(29)7/h10-14,17-19H,1,9,15-16H2,2-8H3/b26-24-,27-11+. The number of nitrogens with zero attached hydrogens (tertiary/aromatic N) is 1. The van der Waals surface area contributed by atoms with Crippen LogP contribution in [0, 0.1) is 20.8 Å². The van der Waals surface area contributed by atoms with E-state index in [4.69, 9.17) is 0 Å². The zero-order valence-corrected chi connectivity index (χ0v) is 20.4. The van der Waals surface area contributed by atoms with E-state index in [1.54, 1.807) is 0 Å². The van der Waals surface area contributed by atoms with Crippen molar-refractivity contribution in [3.05, 3.63) is 99.2 Å². The van der Waals surface area contributed by atoms with Gasteiger partial charge in [-0.05, 0) is 124 Å². The molecule has 162 valence electrons. The van der Waals surface area contributed by atoms with E-state index in [-0.39, 0.29) is 0 Å². The largest absolute Gasteiger partial charge is 0.264 e. The number of aryl methyl sites for hydroxylation is 2. The molecule has 0 atom stereocenters. The summed E-state index contributed by atoms with van der Waals surface area (Å²) in [5.74, 6) is 0. The monoisotopic (exact) mass is 411 g/mol. The lowest BCUT2D eigenvalue weighted by Crippen LogP contribution is -1.99. The Hall–Kier alpha value is -2.93. The Morgan fingerprint density at radius 1 is 1.03 bits per heavy atom. The summed E-state index contributed by atoms with van der Waals surface area (Å²) in [5, 5.41) is 0. The van der Waals surface area contributed by atoms with Crippen LogP contribution in [0.1, 0.15) is 67.5 Å². The molecule has 0 saturated heterocycles. The number of allylic oxidation sites excluding steroid dienone is 6. The molecule has 0 aliphatic heterocycles. The summed E-state index contributed by atoms with van der Waals surface area (Å²) >= 11 is 0. The number of benzene rings is 2. The van der Waals surface area contributed by atoms with Gasteiger partial charge < -0.3 is 0 Å². The first-order chi connectivity index (χ1) is 14.7. The van der Waals surface area contributed by atoms with Crippen LogP contribution in [0.2, 0.25) is 0 Å². The van der Waals surface area contributed by atoms with Gasteiger partial charge in [0.15, 0.2) is 0 Å². The molecule has 31 heavy (non-hydrogen) atoms. The molecule has 1 heteroatoms. The maximum atomic E-state index is 4.30. The molecule has 0 aliphatic carbocycles. The summed E-state index contributed by atoms with van der Waals surface area (Å²) in [5.41, 5.74) is 13.9. The first-order valence-electron chi connectivity index (χ1n) is 11.0. The van der Waals surface area contributed by atoms with Crippen LogP contribution in [0.4, 0.5) is 5.69 Å². The average Bonchev–Trinajstić information content (AvgIpc) is 2.74. The van der Waals surface area contributed by atoms with E-state index >= 15 is 0 Å². The van der Waals surface area contributed by atoms with Crippen molar-refractivity contribution in [3.63, 3.8) is 0 Å². The van der Waals surface area contributed by atoms with Crippen LogP contribution in [0.15, 0.2) is 70.8 Å². The van der Waals surface area contributed by atoms with Crippen molar-refractivity contribution >= 4 is 24.1 Å². The lowest BCUT2D eigenvalue weighted by molar-refractivity contribution is 0.941. The fourth-order valence-corrected chi connectivity index (χ4v) is 4.18. The van der Waals surface area contributed by atoms with Crippen molar-refractivity contribution in [2.45, 2.75) is 61.3 Å². The van der Waals surface area contributed by atoms with E-state index in [2.05, 4.69) is 109 Å². The second kappa shape index (κ2) is 10.9. The lowest BCUT2D eigenvalue weighted by Gasteiger charge is -2.18. The minimum absolute atomic E-state index is 0.928. The fraction of sp³-hybridized carbons (Fsp3) is 0.300. The molecule has 0 saturated carbocycles. The summed E-state index contributed by atoms with van der Waals surface area (Å²) in [7, 11) is 0. The van der Waals surface area contributed by atoms with Gasteiger partial charge in [0.2, 0.25) is 0 Å². The molecular formula is C30H37N. The molecule has 0 aromatic heterocycles. The normalized spacial score (nSPS) is 12.3. The maximum Gasteiger partial charge on any atom is 0.0663 e. The molecule has 0 fully saturated rings. The molecule has 0 N–H and O–H groups in total. The molecule has 0 radical (unpaired) electrons. The Kier molecular flexibility index (Phi) is 8.56. The van der Waals surface area contributed by atoms with Crippen molar-refractivity contribution in [2.24, 2.45) is 4.99 Å². The molecule has 0 spiro atoms. The summed E-state index contributed by atoms with van der Waals surface area (Å²) in [6.07, 6.45) is 8.33. The van der Waals surface area contributed by atoms with Crippen LogP contribution in [-0.2, 0) is 6.42 Å². The van der Waals surface area contributed by atoms with Gasteiger partial charge in [0, 0.05) is 0 Å². The number of rotatable bonds is 8. The lowest BCUT2D eigenvalue weighted by atomic mass is 9.87. The van der Waals surface area contributed by atoms with Gasteiger partial charge in [0.25, 0.3) is 0 Å². The maximum absolute atomic E-state index is 4.30. The molecule has 0 amide bonds. The Morgan fingerprint density at radius 3 is 2.32 bits per heavy atom. The Bertz CT molecular complexity index is 1070. The molecule has 2 rings (SSSR count). The molecule has 0 heterocycles. The zero-order chi connectivity index (χ0) is 23.1. The van der Waals surface area contributed by atoms with Gasteiger partial charge in [0.05, 0.1) is 5.69 Å². The second-order valence-electron chi connectivity index (χ2n) is 8.52. The molecule has 2 aromatic rings. The highest BCUT2D eigenvalue weighted by Gasteiger charge is 2.13. The summed E-state index contributed by atoms with van der Waals surface area (Å²) in [4.78, 5) is 4.30. The number of hydrogen-bond donors (Lipinski definition) is 0. The number of aliphatic imine (C=N–C) groups is 1. The second-order valence-corrected chi connectivity index (χ2v) is 8.52. The quantitative estimate of drug-likeness (QED) is 0.304. The van der Waals surface area contributed by atoms with E-state index in [0.29, 0.717) is 0 Å². The number of hydrogen-bond acceptors (Lipinski definition) is 1. The first-order valence-corrected chi connectivity index (χ1v) is 11.0. The van der Waals surface area contributed by atoms with Crippen molar-refractivity contribution in [1.29, 1.82) is 0 Å². The van der Waals surface area contributed by atoms with Crippen LogP contribution >= 0.6 is 0 Å². The van der Waals surface area contributed by atoms with Crippen LogP contribution in [-0.4, -0.2) is 6.72 Å². The molecule has 2 aromatic carbocycles. The third-order valence-corrected chi connectivity index (χ3v) is 6.05. The van der Waals surface area contributed by atoms with Crippen LogP contribution in [0.5, 0.6) is 0 Å². The van der Waals surface area contributed by atoms with Crippen molar-refractivity contribution in [1.82, 2.24) is 0 Å². The van der Waals surface area contributed by atoms with Crippen molar-refractivity contribution in [2.75, 3.05) is 0 Å². The van der Waals surface area contributed by atoms with Crippen molar-refractivity contribution in [3.8, 4) is 0 Å². The topological polar surface area (TPSA) is 12.4 Å². The van der Waals surface area contributed by atoms with Gasteiger partial charge in [-0.15, -0.1) is 0 Å². The van der Waals surface area contributed by atoms with Gasteiger partial charge in [-0.3, -0.25) is 4.99 Å². The van der Waals surface area contributed by atoms with E-state index in [1.165, 1.54) is 50.1 Å². The van der Waals surface area contributed by atoms with Crippen LogP contribution in [0.3, 0.4) is 0 Å². The van der Waals surface area contributed by atoms with Crippen LogP contribution < -0.4 is 0 Å². The highest BCUT2D eigenvalue weighted by molar-refractivity contribution is 5.81. The predicted molar refractivity (Wildman–Crippen MR) is 140 cm³/mol. The van der Waals surface area contributed by atoms with Crippen LogP contribution in [0.25, 0.3) is 11.6 Å². The molecule has 0 bridgehead atoms. The van der Waals surface area contributed by atoms with E-state index in [9.17, 15) is 0 Å². The van der Waals surface area contributed by atoms with Gasteiger partial charge >= 0.3 is 0 Å². The first kappa shape index (κ1) is 24.3. The Labute approximate surface area is 189 Å². The zero-order valence-electron chi connectivity index (χ0n) is 20.4. The third kappa shape index (κ3) is 5.82. The highest BCUT2D eigenvalue weighted by atomic mass is 14.7. The summed E-state index contributed by atoms with van der Waals surface area (Å²) in [6, 6.07) is 10.8. The molecule has 1 nitrogen and oxygen atoms in total. The Balaban J connectivity index is 2.52. The molecular weight excluding hydrogens is 374 g/mol. The Morgan fingerprint density at radius 2 is 1.74 bits per heavy atom. The summed E-state index contributed by atoms with van der Waals surface area (Å²) < 4.78 is 0. The van der Waals surface area contributed by atoms with Crippen molar-refractivity contribution < 1.29 is 0 Å². The third-order valence-electron chi connectivity index (χ3n) is 6.05. The fourth-order valence-electron chi connectivity index (χ4n) is 4.18. The summed E-state index contributed by atoms with van der Waals surface area (Å²) in [6.45, 7) is 23.0. The van der Waals surface area contributed by atoms with Gasteiger partial charge in [-0.25, -0.2) is 0 Å². The SMILES string of the molecule is C=Cc1cc(C)c(CC/C(C=C(C)C)=C(C)/C(=C\C)c2cccc(C)c2C)c(N=C)c1. The highest BCUT2D eigenvalue weighted by Crippen LogP contribution is 2.33. The van der Waals surface area contributed by atoms with E-state index in [0.717, 1.165) is 24.1 Å². The van der Waals surface area contributed by atoms with Gasteiger partial charge in [-0.1, -0.05) is 54.6 Å². The van der Waals surface area contributed by atoms with Gasteiger partial charge in [0.1, 0.15) is 0 Å². The minimum Gasteiger partial charge on any atom is -0.264 e. The smallest absolute Gasteiger partial charge is 0.0663 e. The molecule has 0 unspecified atom stereocenters. The van der Waals surface area contributed by atoms with E-state index in [1.807, 2.05) is 6.08 Å². The minimum atomic E-state index is 0.928. The predicted octanol–water partition coefficient (Wildman–Crippen LogP) is 8.91. The van der Waals surface area contributed by atoms with E-state index < -0.39 is 0 Å². The molecule has 0 aliphatic rings.